The Morgan fingerprint density at radius 2 is 0.820 bits per heavy atom. The van der Waals surface area contributed by atoms with Gasteiger partial charge in [0, 0.05) is 49.3 Å². The fourth-order valence-corrected chi connectivity index (χ4v) is 9.20. The number of hydrogen-bond donors (Lipinski definition) is 0. The Balaban J connectivity index is 1.08. The van der Waals surface area contributed by atoms with Crippen LogP contribution in [0.15, 0.2) is 233 Å². The summed E-state index contributed by atoms with van der Waals surface area (Å²) < 4.78 is 13.3. The molecule has 0 aliphatic rings. The van der Waals surface area contributed by atoms with Crippen molar-refractivity contribution in [2.75, 3.05) is 4.90 Å². The van der Waals surface area contributed by atoms with Crippen molar-refractivity contribution in [1.82, 2.24) is 0 Å². The average molecular weight is 780 g/mol. The van der Waals surface area contributed by atoms with Crippen molar-refractivity contribution < 1.29 is 8.83 Å². The molecule has 0 unspecified atom stereocenters. The van der Waals surface area contributed by atoms with Crippen LogP contribution in [0.2, 0.25) is 0 Å². The highest BCUT2D eigenvalue weighted by Crippen LogP contribution is 2.47. The van der Waals surface area contributed by atoms with E-state index in [-0.39, 0.29) is 0 Å². The molecule has 3 nitrogen and oxygen atoms in total. The SMILES string of the molecule is c1ccc(-c2cccc(-c3cccc4oc5c6ccccc6c(N(c6ccc(-c7cccc8c7oc7ccccc78)cc6)c6cccc(-c7ccccc7)c6)cc5c34)c2)cc1. The van der Waals surface area contributed by atoms with Gasteiger partial charge in [0.25, 0.3) is 0 Å². The van der Waals surface area contributed by atoms with E-state index in [1.54, 1.807) is 0 Å². The maximum absolute atomic E-state index is 6.86. The second kappa shape index (κ2) is 14.3. The minimum absolute atomic E-state index is 0.863. The maximum Gasteiger partial charge on any atom is 0.143 e. The van der Waals surface area contributed by atoms with Crippen molar-refractivity contribution in [3.05, 3.63) is 224 Å². The first-order chi connectivity index (χ1) is 30.2. The highest BCUT2D eigenvalue weighted by molar-refractivity contribution is 6.22. The van der Waals surface area contributed by atoms with Crippen molar-refractivity contribution in [2.24, 2.45) is 0 Å². The smallest absolute Gasteiger partial charge is 0.143 e. The highest BCUT2D eigenvalue weighted by atomic mass is 16.3. The fourth-order valence-electron chi connectivity index (χ4n) is 9.20. The molecule has 0 N–H and O–H groups in total. The van der Waals surface area contributed by atoms with Crippen LogP contribution in [0, 0.1) is 0 Å². The Labute approximate surface area is 353 Å². The van der Waals surface area contributed by atoms with Crippen LogP contribution >= 0.6 is 0 Å². The van der Waals surface area contributed by atoms with Gasteiger partial charge in [-0.3, -0.25) is 0 Å². The fraction of sp³-hybridized carbons (Fsp3) is 0. The molecule has 0 atom stereocenters. The lowest BCUT2D eigenvalue weighted by molar-refractivity contribution is 0.670. The Morgan fingerprint density at radius 3 is 1.61 bits per heavy atom. The molecule has 0 saturated heterocycles. The highest BCUT2D eigenvalue weighted by Gasteiger charge is 2.23. The molecule has 0 bridgehead atoms. The molecule has 0 aliphatic carbocycles. The van der Waals surface area contributed by atoms with Crippen LogP contribution in [0.5, 0.6) is 0 Å². The molecule has 2 aromatic heterocycles. The zero-order valence-corrected chi connectivity index (χ0v) is 33.1. The predicted octanol–water partition coefficient (Wildman–Crippen LogP) is 16.8. The van der Waals surface area contributed by atoms with Gasteiger partial charge in [-0.1, -0.05) is 176 Å². The standard InChI is InChI=1S/C58H37NO2/c1-3-15-38(16-4-1)41-19-11-21-43(35-41)46-26-14-30-55-56(46)52-37-53(48-23-7-8-25-50(48)58(52)61-55)59(45-22-12-20-42(36-45)39-17-5-2-6-18-39)44-33-31-40(32-34-44)47-27-13-28-51-49-24-9-10-29-54(49)60-57(47)51/h1-37H. The van der Waals surface area contributed by atoms with Crippen molar-refractivity contribution >= 4 is 71.7 Å². The molecule has 10 aromatic carbocycles. The van der Waals surface area contributed by atoms with Crippen molar-refractivity contribution in [3.8, 4) is 44.5 Å². The van der Waals surface area contributed by atoms with Crippen LogP contribution in [0.3, 0.4) is 0 Å². The summed E-state index contributed by atoms with van der Waals surface area (Å²) in [5.41, 5.74) is 15.8. The lowest BCUT2D eigenvalue weighted by Gasteiger charge is -2.28. The van der Waals surface area contributed by atoms with Crippen LogP contribution in [-0.2, 0) is 0 Å². The minimum atomic E-state index is 0.863. The first-order valence-electron chi connectivity index (χ1n) is 20.7. The molecular weight excluding hydrogens is 743 g/mol. The maximum atomic E-state index is 6.86. The predicted molar refractivity (Wildman–Crippen MR) is 255 cm³/mol. The van der Waals surface area contributed by atoms with E-state index in [0.29, 0.717) is 0 Å². The molecule has 286 valence electrons. The van der Waals surface area contributed by atoms with Gasteiger partial charge in [0.05, 0.1) is 5.69 Å². The number of furan rings is 2. The summed E-state index contributed by atoms with van der Waals surface area (Å²) in [5.74, 6) is 0. The van der Waals surface area contributed by atoms with Crippen molar-refractivity contribution in [2.45, 2.75) is 0 Å². The van der Waals surface area contributed by atoms with Gasteiger partial charge in [-0.2, -0.15) is 0 Å². The molecule has 0 amide bonds. The summed E-state index contributed by atoms with van der Waals surface area (Å²) >= 11 is 0. The molecule has 0 aliphatic heterocycles. The summed E-state index contributed by atoms with van der Waals surface area (Å²) in [6.07, 6.45) is 0. The van der Waals surface area contributed by atoms with Crippen LogP contribution in [0.1, 0.15) is 0 Å². The van der Waals surface area contributed by atoms with Gasteiger partial charge in [0.2, 0.25) is 0 Å². The van der Waals surface area contributed by atoms with E-state index in [1.807, 2.05) is 12.1 Å². The number of hydrogen-bond acceptors (Lipinski definition) is 3. The second-order valence-electron chi connectivity index (χ2n) is 15.6. The molecule has 0 spiro atoms. The lowest BCUT2D eigenvalue weighted by atomic mass is 9.94. The first kappa shape index (κ1) is 34.9. The lowest BCUT2D eigenvalue weighted by Crippen LogP contribution is -2.10. The normalized spacial score (nSPS) is 11.6. The molecule has 0 fully saturated rings. The van der Waals surface area contributed by atoms with E-state index >= 15 is 0 Å². The summed E-state index contributed by atoms with van der Waals surface area (Å²) in [6, 6.07) is 79.8. The molecule has 12 aromatic rings. The zero-order valence-electron chi connectivity index (χ0n) is 33.1. The largest absolute Gasteiger partial charge is 0.455 e. The van der Waals surface area contributed by atoms with E-state index in [2.05, 4.69) is 217 Å². The third-order valence-electron chi connectivity index (χ3n) is 12.1. The molecule has 0 radical (unpaired) electrons. The van der Waals surface area contributed by atoms with E-state index < -0.39 is 0 Å². The summed E-state index contributed by atoms with van der Waals surface area (Å²) in [5, 5.41) is 6.58. The summed E-state index contributed by atoms with van der Waals surface area (Å²) in [7, 11) is 0. The Kier molecular flexibility index (Phi) is 8.17. The van der Waals surface area contributed by atoms with E-state index in [4.69, 9.17) is 8.83 Å². The Morgan fingerprint density at radius 1 is 0.279 bits per heavy atom. The zero-order chi connectivity index (χ0) is 40.3. The number of rotatable bonds is 7. The van der Waals surface area contributed by atoms with Gasteiger partial charge >= 0.3 is 0 Å². The number of anilines is 3. The van der Waals surface area contributed by atoms with Crippen LogP contribution in [0.4, 0.5) is 17.1 Å². The molecule has 61 heavy (non-hydrogen) atoms. The third-order valence-corrected chi connectivity index (χ3v) is 12.1. The Hall–Kier alpha value is -8.14. The number of benzene rings is 10. The van der Waals surface area contributed by atoms with Gasteiger partial charge in [0.1, 0.15) is 22.3 Å². The summed E-state index contributed by atoms with van der Waals surface area (Å²) in [4.78, 5) is 2.40. The third kappa shape index (κ3) is 5.90. The van der Waals surface area contributed by atoms with E-state index in [0.717, 1.165) is 99.5 Å². The van der Waals surface area contributed by atoms with E-state index in [9.17, 15) is 0 Å². The molecule has 0 saturated carbocycles. The van der Waals surface area contributed by atoms with E-state index in [1.165, 1.54) is 16.7 Å². The number of fused-ring (bicyclic) bond motifs is 8. The number of nitrogens with zero attached hydrogens (tertiary/aromatic N) is 1. The summed E-state index contributed by atoms with van der Waals surface area (Å²) in [6.45, 7) is 0. The minimum Gasteiger partial charge on any atom is -0.455 e. The molecule has 12 rings (SSSR count). The quantitative estimate of drug-likeness (QED) is 0.161. The van der Waals surface area contributed by atoms with Gasteiger partial charge in [0.15, 0.2) is 0 Å². The van der Waals surface area contributed by atoms with Crippen molar-refractivity contribution in [3.63, 3.8) is 0 Å². The van der Waals surface area contributed by atoms with Gasteiger partial charge in [-0.05, 0) is 87.5 Å². The molecule has 2 heterocycles. The average Bonchev–Trinajstić information content (AvgIpc) is 3.92. The van der Waals surface area contributed by atoms with Crippen LogP contribution < -0.4 is 4.90 Å². The first-order valence-corrected chi connectivity index (χ1v) is 20.7. The second-order valence-corrected chi connectivity index (χ2v) is 15.6. The van der Waals surface area contributed by atoms with Gasteiger partial charge < -0.3 is 13.7 Å². The van der Waals surface area contributed by atoms with Crippen LogP contribution in [-0.4, -0.2) is 0 Å². The van der Waals surface area contributed by atoms with Crippen LogP contribution in [0.25, 0.3) is 99.2 Å². The Bertz CT molecular complexity index is 3580. The monoisotopic (exact) mass is 779 g/mol. The molecule has 3 heteroatoms. The number of para-hydroxylation sites is 2. The van der Waals surface area contributed by atoms with Gasteiger partial charge in [-0.25, -0.2) is 0 Å². The molecular formula is C58H37NO2. The van der Waals surface area contributed by atoms with Crippen molar-refractivity contribution in [1.29, 1.82) is 0 Å². The topological polar surface area (TPSA) is 29.5 Å². The van der Waals surface area contributed by atoms with Gasteiger partial charge in [-0.15, -0.1) is 0 Å².